The highest BCUT2D eigenvalue weighted by molar-refractivity contribution is 6.08. The predicted molar refractivity (Wildman–Crippen MR) is 113 cm³/mol. The summed E-state index contributed by atoms with van der Waals surface area (Å²) in [5.41, 5.74) is 4.84. The maximum atomic E-state index is 12.7. The number of unbranched alkanes of at least 4 members (excludes halogenated alkanes) is 3. The van der Waals surface area contributed by atoms with E-state index in [9.17, 15) is 4.79 Å². The first-order chi connectivity index (χ1) is 12.8. The van der Waals surface area contributed by atoms with Gasteiger partial charge in [0.2, 0.25) is 0 Å². The molecule has 1 amide bonds. The largest absolute Gasteiger partial charge is 0.276 e. The van der Waals surface area contributed by atoms with E-state index in [-0.39, 0.29) is 18.3 Å². The fourth-order valence-corrected chi connectivity index (χ4v) is 2.80. The number of aliphatic imine (C=N–C) groups is 1. The third-order valence-corrected chi connectivity index (χ3v) is 4.18. The predicted octanol–water partition coefficient (Wildman–Crippen LogP) is 5.07. The minimum Gasteiger partial charge on any atom is -0.276 e. The van der Waals surface area contributed by atoms with Gasteiger partial charge in [-0.3, -0.25) is 10.2 Å². The van der Waals surface area contributed by atoms with Crippen LogP contribution < -0.4 is 10.4 Å². The quantitative estimate of drug-likeness (QED) is 0.535. The number of pyridine rings is 1. The summed E-state index contributed by atoms with van der Waals surface area (Å²) < 4.78 is 0. The highest BCUT2D eigenvalue weighted by atomic mass is 35.5. The second-order valence-corrected chi connectivity index (χ2v) is 6.24. The summed E-state index contributed by atoms with van der Waals surface area (Å²) in [4.78, 5) is 21.7. The Labute approximate surface area is 166 Å². The molecular formula is C21H25ClN4O. The zero-order chi connectivity index (χ0) is 18.2. The van der Waals surface area contributed by atoms with Gasteiger partial charge in [-0.2, -0.15) is 5.01 Å². The van der Waals surface area contributed by atoms with Gasteiger partial charge >= 0.3 is 0 Å². The van der Waals surface area contributed by atoms with Crippen LogP contribution in [-0.4, -0.2) is 16.7 Å². The highest BCUT2D eigenvalue weighted by Crippen LogP contribution is 2.28. The van der Waals surface area contributed by atoms with Gasteiger partial charge in [-0.15, -0.1) is 12.4 Å². The van der Waals surface area contributed by atoms with E-state index in [0.29, 0.717) is 5.82 Å². The summed E-state index contributed by atoms with van der Waals surface area (Å²) in [5, 5.41) is 1.48. The van der Waals surface area contributed by atoms with E-state index >= 15 is 0 Å². The highest BCUT2D eigenvalue weighted by Gasteiger charge is 2.23. The number of fused-ring (bicyclic) bond motifs is 1. The summed E-state index contributed by atoms with van der Waals surface area (Å²) in [6.07, 6.45) is 10.5. The van der Waals surface area contributed by atoms with E-state index in [0.717, 1.165) is 29.9 Å². The summed E-state index contributed by atoms with van der Waals surface area (Å²) in [5.74, 6) is 1.17. The van der Waals surface area contributed by atoms with Gasteiger partial charge in [-0.1, -0.05) is 56.5 Å². The van der Waals surface area contributed by atoms with Crippen molar-refractivity contribution in [2.45, 2.75) is 39.0 Å². The molecule has 1 aliphatic heterocycles. The van der Waals surface area contributed by atoms with Gasteiger partial charge < -0.3 is 0 Å². The van der Waals surface area contributed by atoms with Crippen molar-refractivity contribution in [2.24, 2.45) is 4.99 Å². The number of hydrogen-bond acceptors (Lipinski definition) is 4. The van der Waals surface area contributed by atoms with Crippen LogP contribution in [0.2, 0.25) is 0 Å². The molecule has 1 aromatic carbocycles. The van der Waals surface area contributed by atoms with Gasteiger partial charge in [-0.25, -0.2) is 9.98 Å². The molecule has 0 fully saturated rings. The van der Waals surface area contributed by atoms with Crippen molar-refractivity contribution in [3.63, 3.8) is 0 Å². The smallest absolute Gasteiger partial charge is 0.271 e. The third kappa shape index (κ3) is 5.66. The molecule has 5 nitrogen and oxygen atoms in total. The molecule has 6 heteroatoms. The number of amides is 1. The summed E-state index contributed by atoms with van der Waals surface area (Å²) in [6, 6.07) is 13.5. The lowest BCUT2D eigenvalue weighted by molar-refractivity contribution is -0.114. The molecule has 0 saturated carbocycles. The SMILES string of the molecule is CCCCCCC1=Nc2cccnc2N(C(=O)/C=C/c2ccccc2)N1.Cl. The average molecular weight is 385 g/mol. The Hall–Kier alpha value is -2.66. The molecule has 0 bridgehead atoms. The van der Waals surface area contributed by atoms with Gasteiger partial charge in [0.05, 0.1) is 0 Å². The second kappa shape index (κ2) is 10.5. The van der Waals surface area contributed by atoms with Crippen molar-refractivity contribution >= 4 is 41.7 Å². The molecule has 1 aliphatic rings. The average Bonchev–Trinajstić information content (AvgIpc) is 2.69. The number of aromatic nitrogens is 1. The molecule has 2 aromatic rings. The molecule has 3 rings (SSSR count). The maximum absolute atomic E-state index is 12.7. The number of carbonyl (C=O) groups excluding carboxylic acids is 1. The van der Waals surface area contributed by atoms with Gasteiger partial charge in [-0.05, 0) is 30.2 Å². The number of rotatable bonds is 7. The van der Waals surface area contributed by atoms with E-state index < -0.39 is 0 Å². The standard InChI is InChI=1S/C21H24N4O.ClH/c1-2-3-4-8-13-19-23-18-12-9-16-22-21(18)25(24-19)20(26)15-14-17-10-6-5-7-11-17;/h5-7,9-12,14-16H,2-4,8,13H2,1H3,(H,23,24);1H/b15-14+;. The van der Waals surface area contributed by atoms with E-state index in [1.54, 1.807) is 18.3 Å². The Bertz CT molecular complexity index is 805. The number of nitrogens with zero attached hydrogens (tertiary/aromatic N) is 3. The van der Waals surface area contributed by atoms with Crippen LogP contribution in [-0.2, 0) is 4.79 Å². The fraction of sp³-hybridized carbons (Fsp3) is 0.286. The minimum atomic E-state index is -0.172. The Morgan fingerprint density at radius 2 is 1.93 bits per heavy atom. The molecule has 0 unspecified atom stereocenters. The Morgan fingerprint density at radius 1 is 1.11 bits per heavy atom. The molecule has 1 aromatic heterocycles. The van der Waals surface area contributed by atoms with Crippen molar-refractivity contribution in [1.82, 2.24) is 10.4 Å². The van der Waals surface area contributed by atoms with Crippen molar-refractivity contribution in [1.29, 1.82) is 0 Å². The Balaban J connectivity index is 0.00000261. The zero-order valence-corrected chi connectivity index (χ0v) is 16.3. The number of amidine groups is 1. The normalized spacial score (nSPS) is 12.8. The lowest BCUT2D eigenvalue weighted by Crippen LogP contribution is -2.48. The van der Waals surface area contributed by atoms with Crippen LogP contribution in [0.4, 0.5) is 11.5 Å². The van der Waals surface area contributed by atoms with E-state index in [4.69, 9.17) is 0 Å². The summed E-state index contributed by atoms with van der Waals surface area (Å²) >= 11 is 0. The van der Waals surface area contributed by atoms with Gasteiger partial charge in [0.25, 0.3) is 5.91 Å². The number of halogens is 1. The summed E-state index contributed by atoms with van der Waals surface area (Å²) in [7, 11) is 0. The number of hydrazine groups is 1. The van der Waals surface area contributed by atoms with Gasteiger partial charge in [0.1, 0.15) is 11.5 Å². The van der Waals surface area contributed by atoms with Crippen molar-refractivity contribution in [3.05, 3.63) is 60.3 Å². The van der Waals surface area contributed by atoms with Crippen LogP contribution in [0.15, 0.2) is 59.7 Å². The van der Waals surface area contributed by atoms with E-state index in [2.05, 4.69) is 22.3 Å². The van der Waals surface area contributed by atoms with Crippen LogP contribution in [0.1, 0.15) is 44.6 Å². The van der Waals surface area contributed by atoms with Crippen molar-refractivity contribution in [2.75, 3.05) is 5.01 Å². The number of benzene rings is 1. The number of anilines is 1. The van der Waals surface area contributed by atoms with Crippen LogP contribution in [0.5, 0.6) is 0 Å². The maximum Gasteiger partial charge on any atom is 0.271 e. The van der Waals surface area contributed by atoms with Crippen molar-refractivity contribution < 1.29 is 4.79 Å². The van der Waals surface area contributed by atoms with Gasteiger partial charge in [0.15, 0.2) is 5.82 Å². The lowest BCUT2D eigenvalue weighted by Gasteiger charge is -2.28. The Kier molecular flexibility index (Phi) is 8.01. The third-order valence-electron chi connectivity index (χ3n) is 4.18. The fourth-order valence-electron chi connectivity index (χ4n) is 2.80. The lowest BCUT2D eigenvalue weighted by atomic mass is 10.1. The minimum absolute atomic E-state index is 0. The molecule has 0 aliphatic carbocycles. The van der Waals surface area contributed by atoms with Crippen molar-refractivity contribution in [3.8, 4) is 0 Å². The molecule has 2 heterocycles. The molecule has 0 atom stereocenters. The van der Waals surface area contributed by atoms with Crippen LogP contribution in [0.25, 0.3) is 6.08 Å². The van der Waals surface area contributed by atoms with Gasteiger partial charge in [0, 0.05) is 18.7 Å². The van der Waals surface area contributed by atoms with Crippen LogP contribution in [0, 0.1) is 0 Å². The Morgan fingerprint density at radius 3 is 2.70 bits per heavy atom. The second-order valence-electron chi connectivity index (χ2n) is 6.24. The molecule has 142 valence electrons. The number of nitrogens with one attached hydrogen (secondary N) is 1. The van der Waals surface area contributed by atoms with Crippen LogP contribution >= 0.6 is 12.4 Å². The number of carbonyl (C=O) groups is 1. The number of hydrogen-bond donors (Lipinski definition) is 1. The first kappa shape index (κ1) is 20.6. The molecule has 27 heavy (non-hydrogen) atoms. The van der Waals surface area contributed by atoms with E-state index in [1.165, 1.54) is 24.3 Å². The zero-order valence-electron chi connectivity index (χ0n) is 15.5. The molecule has 0 spiro atoms. The first-order valence-corrected chi connectivity index (χ1v) is 9.14. The topological polar surface area (TPSA) is 57.6 Å². The molecule has 1 N–H and O–H groups in total. The monoisotopic (exact) mass is 384 g/mol. The molecule has 0 radical (unpaired) electrons. The van der Waals surface area contributed by atoms with Crippen LogP contribution in [0.3, 0.4) is 0 Å². The van der Waals surface area contributed by atoms with E-state index in [1.807, 2.05) is 42.5 Å². The molecular weight excluding hydrogens is 360 g/mol. The first-order valence-electron chi connectivity index (χ1n) is 9.14. The summed E-state index contributed by atoms with van der Waals surface area (Å²) in [6.45, 7) is 2.19. The molecule has 0 saturated heterocycles.